The van der Waals surface area contributed by atoms with E-state index in [2.05, 4.69) is 12.1 Å². The molecule has 0 aromatic carbocycles. The molecule has 5 heteroatoms. The van der Waals surface area contributed by atoms with Crippen molar-refractivity contribution >= 4 is 11.7 Å². The van der Waals surface area contributed by atoms with Gasteiger partial charge in [0.15, 0.2) is 5.84 Å². The second-order valence-corrected chi connectivity index (χ2v) is 4.71. The smallest absolute Gasteiger partial charge is 0.233 e. The number of amidine groups is 1. The molecule has 0 aromatic rings. The van der Waals surface area contributed by atoms with E-state index in [9.17, 15) is 4.79 Å². The lowest BCUT2D eigenvalue weighted by atomic mass is 10.0. The minimum absolute atomic E-state index is 0.00130. The van der Waals surface area contributed by atoms with E-state index in [-0.39, 0.29) is 11.7 Å². The Balaban J connectivity index is 2.58. The molecule has 0 radical (unpaired) electrons. The van der Waals surface area contributed by atoms with Crippen LogP contribution in [0.2, 0.25) is 0 Å². The number of oxime groups is 1. The zero-order valence-electron chi connectivity index (χ0n) is 10.7. The summed E-state index contributed by atoms with van der Waals surface area (Å²) in [6.07, 6.45) is 3.98. The van der Waals surface area contributed by atoms with Gasteiger partial charge in [-0.3, -0.25) is 4.79 Å². The van der Waals surface area contributed by atoms with E-state index in [1.807, 2.05) is 11.8 Å². The highest BCUT2D eigenvalue weighted by Crippen LogP contribution is 2.23. The number of carbonyl (C=O) groups is 1. The molecule has 1 fully saturated rings. The standard InChI is InChI=1S/C12H23N3O2/c1-3-5-9-6-7-15(8-9)12(16)10(4-2)11(13)14-17/h9-10,17H,3-8H2,1-2H3,(H2,13,14). The summed E-state index contributed by atoms with van der Waals surface area (Å²) in [5.41, 5.74) is 5.54. The SMILES string of the molecule is CCCC1CCN(C(=O)C(CC)C(N)=NO)C1. The summed E-state index contributed by atoms with van der Waals surface area (Å²) < 4.78 is 0. The Hall–Kier alpha value is -1.26. The normalized spacial score (nSPS) is 22.8. The van der Waals surface area contributed by atoms with Crippen LogP contribution in [0.15, 0.2) is 5.16 Å². The minimum atomic E-state index is -0.472. The summed E-state index contributed by atoms with van der Waals surface area (Å²) in [6, 6.07) is 0. The molecule has 0 spiro atoms. The Morgan fingerprint density at radius 1 is 1.59 bits per heavy atom. The first-order chi connectivity index (χ1) is 8.13. The lowest BCUT2D eigenvalue weighted by Crippen LogP contribution is -2.40. The van der Waals surface area contributed by atoms with E-state index >= 15 is 0 Å². The van der Waals surface area contributed by atoms with Crippen LogP contribution in [-0.4, -0.2) is 34.9 Å². The monoisotopic (exact) mass is 241 g/mol. The number of rotatable bonds is 5. The van der Waals surface area contributed by atoms with Crippen molar-refractivity contribution in [3.05, 3.63) is 0 Å². The molecule has 1 rings (SSSR count). The topological polar surface area (TPSA) is 78.9 Å². The van der Waals surface area contributed by atoms with Crippen LogP contribution in [0.5, 0.6) is 0 Å². The van der Waals surface area contributed by atoms with Gasteiger partial charge in [-0.15, -0.1) is 0 Å². The molecule has 1 aliphatic rings. The van der Waals surface area contributed by atoms with Gasteiger partial charge < -0.3 is 15.8 Å². The third-order valence-corrected chi connectivity index (χ3v) is 3.47. The summed E-state index contributed by atoms with van der Waals surface area (Å²) in [6.45, 7) is 5.66. The molecular weight excluding hydrogens is 218 g/mol. The molecule has 17 heavy (non-hydrogen) atoms. The molecule has 0 bridgehead atoms. The molecule has 5 nitrogen and oxygen atoms in total. The minimum Gasteiger partial charge on any atom is -0.409 e. The third-order valence-electron chi connectivity index (χ3n) is 3.47. The average Bonchev–Trinajstić information content (AvgIpc) is 2.78. The van der Waals surface area contributed by atoms with Gasteiger partial charge in [0.05, 0.1) is 5.92 Å². The van der Waals surface area contributed by atoms with Gasteiger partial charge in [0, 0.05) is 13.1 Å². The van der Waals surface area contributed by atoms with Gasteiger partial charge in [0.2, 0.25) is 5.91 Å². The van der Waals surface area contributed by atoms with E-state index in [0.29, 0.717) is 12.3 Å². The number of amides is 1. The third kappa shape index (κ3) is 3.35. The van der Waals surface area contributed by atoms with Gasteiger partial charge in [0.1, 0.15) is 0 Å². The van der Waals surface area contributed by atoms with Crippen LogP contribution < -0.4 is 5.73 Å². The highest BCUT2D eigenvalue weighted by Gasteiger charge is 2.31. The van der Waals surface area contributed by atoms with Gasteiger partial charge in [-0.05, 0) is 25.2 Å². The van der Waals surface area contributed by atoms with E-state index in [1.165, 1.54) is 6.42 Å². The van der Waals surface area contributed by atoms with Crippen molar-refractivity contribution in [3.8, 4) is 0 Å². The van der Waals surface area contributed by atoms with Gasteiger partial charge in [-0.25, -0.2) is 0 Å². The Morgan fingerprint density at radius 2 is 2.29 bits per heavy atom. The van der Waals surface area contributed by atoms with Gasteiger partial charge in [0.25, 0.3) is 0 Å². The quantitative estimate of drug-likeness (QED) is 0.330. The van der Waals surface area contributed by atoms with E-state index in [1.54, 1.807) is 0 Å². The summed E-state index contributed by atoms with van der Waals surface area (Å²) >= 11 is 0. The maximum atomic E-state index is 12.2. The molecular formula is C12H23N3O2. The highest BCUT2D eigenvalue weighted by molar-refractivity contribution is 6.02. The summed E-state index contributed by atoms with van der Waals surface area (Å²) in [5, 5.41) is 11.6. The highest BCUT2D eigenvalue weighted by atomic mass is 16.4. The first-order valence-electron chi connectivity index (χ1n) is 6.40. The number of carbonyl (C=O) groups excluding carboxylic acids is 1. The Bertz CT molecular complexity index is 291. The van der Waals surface area contributed by atoms with E-state index in [0.717, 1.165) is 25.9 Å². The second-order valence-electron chi connectivity index (χ2n) is 4.71. The fraction of sp³-hybridized carbons (Fsp3) is 0.833. The molecule has 1 aliphatic heterocycles. The number of likely N-dealkylation sites (tertiary alicyclic amines) is 1. The molecule has 3 N–H and O–H groups in total. The zero-order valence-corrected chi connectivity index (χ0v) is 10.7. The maximum absolute atomic E-state index is 12.2. The average molecular weight is 241 g/mol. The lowest BCUT2D eigenvalue weighted by molar-refractivity contribution is -0.132. The van der Waals surface area contributed by atoms with Crippen molar-refractivity contribution in [2.75, 3.05) is 13.1 Å². The molecule has 1 heterocycles. The zero-order chi connectivity index (χ0) is 12.8. The van der Waals surface area contributed by atoms with Crippen molar-refractivity contribution < 1.29 is 10.0 Å². The fourth-order valence-electron chi connectivity index (χ4n) is 2.48. The van der Waals surface area contributed by atoms with Crippen molar-refractivity contribution in [1.29, 1.82) is 0 Å². The first-order valence-corrected chi connectivity index (χ1v) is 6.40. The molecule has 2 unspecified atom stereocenters. The Labute approximate surface area is 103 Å². The predicted molar refractivity (Wildman–Crippen MR) is 66.8 cm³/mol. The van der Waals surface area contributed by atoms with Crippen LogP contribution in [0.3, 0.4) is 0 Å². The van der Waals surface area contributed by atoms with Gasteiger partial charge in [-0.1, -0.05) is 25.4 Å². The van der Waals surface area contributed by atoms with Crippen LogP contribution in [0.1, 0.15) is 39.5 Å². The second kappa shape index (κ2) is 6.47. The van der Waals surface area contributed by atoms with Crippen molar-refractivity contribution in [3.63, 3.8) is 0 Å². The van der Waals surface area contributed by atoms with Crippen molar-refractivity contribution in [2.24, 2.45) is 22.7 Å². The number of nitrogens with zero attached hydrogens (tertiary/aromatic N) is 2. The van der Waals surface area contributed by atoms with Crippen LogP contribution >= 0.6 is 0 Å². The largest absolute Gasteiger partial charge is 0.409 e. The van der Waals surface area contributed by atoms with Gasteiger partial charge >= 0.3 is 0 Å². The molecule has 1 amide bonds. The molecule has 2 atom stereocenters. The van der Waals surface area contributed by atoms with Crippen molar-refractivity contribution in [1.82, 2.24) is 4.90 Å². The van der Waals surface area contributed by atoms with E-state index in [4.69, 9.17) is 10.9 Å². The molecule has 0 aliphatic carbocycles. The van der Waals surface area contributed by atoms with Crippen LogP contribution in [0.25, 0.3) is 0 Å². The number of hydrogen-bond acceptors (Lipinski definition) is 3. The predicted octanol–water partition coefficient (Wildman–Crippen LogP) is 1.41. The van der Waals surface area contributed by atoms with Crippen LogP contribution in [0, 0.1) is 11.8 Å². The summed E-state index contributed by atoms with van der Waals surface area (Å²) in [7, 11) is 0. The molecule has 98 valence electrons. The Kier molecular flexibility index (Phi) is 5.25. The van der Waals surface area contributed by atoms with Crippen LogP contribution in [-0.2, 0) is 4.79 Å². The van der Waals surface area contributed by atoms with Gasteiger partial charge in [-0.2, -0.15) is 0 Å². The summed E-state index contributed by atoms with van der Waals surface area (Å²) in [5.74, 6) is 0.173. The number of hydrogen-bond donors (Lipinski definition) is 2. The molecule has 0 saturated carbocycles. The summed E-state index contributed by atoms with van der Waals surface area (Å²) in [4.78, 5) is 14.0. The maximum Gasteiger partial charge on any atom is 0.233 e. The first kappa shape index (κ1) is 13.8. The molecule has 0 aromatic heterocycles. The number of nitrogens with two attached hydrogens (primary N) is 1. The Morgan fingerprint density at radius 3 is 2.82 bits per heavy atom. The van der Waals surface area contributed by atoms with E-state index < -0.39 is 5.92 Å². The molecule has 1 saturated heterocycles. The van der Waals surface area contributed by atoms with Crippen molar-refractivity contribution in [2.45, 2.75) is 39.5 Å². The lowest BCUT2D eigenvalue weighted by Gasteiger charge is -2.21. The fourth-order valence-corrected chi connectivity index (χ4v) is 2.48. The van der Waals surface area contributed by atoms with Crippen LogP contribution in [0.4, 0.5) is 0 Å².